The van der Waals surface area contributed by atoms with Crippen molar-refractivity contribution in [3.8, 4) is 0 Å². The molecule has 1 aliphatic rings. The lowest BCUT2D eigenvalue weighted by Gasteiger charge is -2.13. The molecule has 0 fully saturated rings. The third kappa shape index (κ3) is 2.16. The van der Waals surface area contributed by atoms with Gasteiger partial charge in [-0.25, -0.2) is 4.79 Å². The third-order valence-corrected chi connectivity index (χ3v) is 3.84. The average molecular weight is 316 g/mol. The molecule has 2 amide bonds. The Bertz CT molecular complexity index is 781. The summed E-state index contributed by atoms with van der Waals surface area (Å²) in [7, 11) is 0. The molecule has 0 N–H and O–H groups in total. The summed E-state index contributed by atoms with van der Waals surface area (Å²) in [5.41, 5.74) is 1.20. The van der Waals surface area contributed by atoms with Crippen molar-refractivity contribution in [3.63, 3.8) is 0 Å². The molecule has 0 bridgehead atoms. The molecular formula is C16H10ClNO4. The fraction of sp³-hybridized carbons (Fsp3) is 0.0625. The molecule has 22 heavy (non-hydrogen) atoms. The van der Waals surface area contributed by atoms with Crippen molar-refractivity contribution in [2.45, 2.75) is 6.92 Å². The normalized spacial score (nSPS) is 13.3. The maximum absolute atomic E-state index is 12.2. The number of benzene rings is 2. The second-order valence-corrected chi connectivity index (χ2v) is 5.14. The lowest BCUT2D eigenvalue weighted by Crippen LogP contribution is -2.32. The van der Waals surface area contributed by atoms with Gasteiger partial charge in [-0.2, -0.15) is 0 Å². The molecule has 2 aromatic rings. The molecule has 0 unspecified atom stereocenters. The van der Waals surface area contributed by atoms with Crippen LogP contribution in [0.25, 0.3) is 0 Å². The van der Waals surface area contributed by atoms with E-state index in [0.29, 0.717) is 10.6 Å². The predicted octanol–water partition coefficient (Wildman–Crippen LogP) is 3.02. The zero-order valence-electron chi connectivity index (χ0n) is 11.5. The first kappa shape index (κ1) is 14.3. The maximum Gasteiger partial charge on any atom is 0.365 e. The highest BCUT2D eigenvalue weighted by Gasteiger charge is 2.39. The largest absolute Gasteiger partial charge is 0.365 e. The number of hydrogen-bond donors (Lipinski definition) is 0. The lowest BCUT2D eigenvalue weighted by atomic mass is 10.1. The van der Waals surface area contributed by atoms with E-state index < -0.39 is 17.8 Å². The fourth-order valence-corrected chi connectivity index (χ4v) is 2.39. The van der Waals surface area contributed by atoms with Gasteiger partial charge in [-0.3, -0.25) is 9.59 Å². The molecule has 0 aromatic heterocycles. The van der Waals surface area contributed by atoms with Crippen LogP contribution in [0.4, 0.5) is 0 Å². The minimum Gasteiger partial charge on any atom is -0.324 e. The average Bonchev–Trinajstić information content (AvgIpc) is 2.75. The number of aryl methyl sites for hydroxylation is 1. The molecule has 0 aliphatic carbocycles. The number of fused-ring (bicyclic) bond motifs is 1. The van der Waals surface area contributed by atoms with Crippen molar-refractivity contribution in [1.82, 2.24) is 5.06 Å². The predicted molar refractivity (Wildman–Crippen MR) is 78.5 cm³/mol. The smallest absolute Gasteiger partial charge is 0.324 e. The van der Waals surface area contributed by atoms with Gasteiger partial charge in [0.1, 0.15) is 0 Å². The molecule has 3 rings (SSSR count). The van der Waals surface area contributed by atoms with Gasteiger partial charge in [0.25, 0.3) is 11.8 Å². The van der Waals surface area contributed by atoms with E-state index in [1.165, 1.54) is 18.2 Å². The van der Waals surface area contributed by atoms with E-state index in [2.05, 4.69) is 0 Å². The summed E-state index contributed by atoms with van der Waals surface area (Å²) in [6, 6.07) is 11.1. The van der Waals surface area contributed by atoms with Crippen LogP contribution in [0.2, 0.25) is 5.02 Å². The zero-order valence-corrected chi connectivity index (χ0v) is 12.3. The van der Waals surface area contributed by atoms with E-state index in [1.54, 1.807) is 31.2 Å². The van der Waals surface area contributed by atoms with Crippen molar-refractivity contribution >= 4 is 29.4 Å². The van der Waals surface area contributed by atoms with Gasteiger partial charge in [-0.15, -0.1) is 0 Å². The second-order valence-electron chi connectivity index (χ2n) is 4.77. The van der Waals surface area contributed by atoms with Gasteiger partial charge in [0.05, 0.1) is 21.7 Å². The number of hydroxylamine groups is 2. The molecule has 110 valence electrons. The van der Waals surface area contributed by atoms with E-state index >= 15 is 0 Å². The summed E-state index contributed by atoms with van der Waals surface area (Å²) in [6.07, 6.45) is 0. The summed E-state index contributed by atoms with van der Waals surface area (Å²) >= 11 is 6.05. The van der Waals surface area contributed by atoms with E-state index in [0.717, 1.165) is 0 Å². The number of carbonyl (C=O) groups excluding carboxylic acids is 3. The molecular weight excluding hydrogens is 306 g/mol. The molecule has 0 radical (unpaired) electrons. The Morgan fingerprint density at radius 1 is 1.00 bits per heavy atom. The van der Waals surface area contributed by atoms with Gasteiger partial charge < -0.3 is 4.84 Å². The van der Waals surface area contributed by atoms with Crippen LogP contribution in [-0.2, 0) is 4.84 Å². The fourth-order valence-electron chi connectivity index (χ4n) is 2.19. The minimum absolute atomic E-state index is 0.0956. The lowest BCUT2D eigenvalue weighted by molar-refractivity contribution is -0.0584. The Morgan fingerprint density at radius 2 is 1.59 bits per heavy atom. The zero-order chi connectivity index (χ0) is 15.9. The first-order chi connectivity index (χ1) is 10.5. The Labute approximate surface area is 131 Å². The van der Waals surface area contributed by atoms with Crippen molar-refractivity contribution in [3.05, 3.63) is 69.7 Å². The summed E-state index contributed by atoms with van der Waals surface area (Å²) in [4.78, 5) is 41.4. The number of halogens is 1. The maximum atomic E-state index is 12.2. The van der Waals surface area contributed by atoms with E-state index in [9.17, 15) is 14.4 Å². The Balaban J connectivity index is 1.89. The Kier molecular flexibility index (Phi) is 3.42. The van der Waals surface area contributed by atoms with Gasteiger partial charge >= 0.3 is 5.97 Å². The SMILES string of the molecule is Cc1cccc(C(=O)ON2C(=O)c3ccccc3C2=O)c1Cl. The van der Waals surface area contributed by atoms with Gasteiger partial charge in [0.2, 0.25) is 0 Å². The molecule has 0 atom stereocenters. The minimum atomic E-state index is -0.858. The third-order valence-electron chi connectivity index (χ3n) is 3.34. The van der Waals surface area contributed by atoms with Crippen molar-refractivity contribution in [1.29, 1.82) is 0 Å². The summed E-state index contributed by atoms with van der Waals surface area (Å²) in [6.45, 7) is 1.74. The van der Waals surface area contributed by atoms with Gasteiger partial charge in [0, 0.05) is 0 Å². The van der Waals surface area contributed by atoms with Crippen LogP contribution < -0.4 is 0 Å². The number of imide groups is 1. The highest BCUT2D eigenvalue weighted by Crippen LogP contribution is 2.25. The first-order valence-corrected chi connectivity index (χ1v) is 6.83. The van der Waals surface area contributed by atoms with Crippen LogP contribution in [-0.4, -0.2) is 22.8 Å². The van der Waals surface area contributed by atoms with Crippen LogP contribution in [0.3, 0.4) is 0 Å². The van der Waals surface area contributed by atoms with E-state index in [4.69, 9.17) is 16.4 Å². The highest BCUT2D eigenvalue weighted by atomic mass is 35.5. The molecule has 2 aromatic carbocycles. The van der Waals surface area contributed by atoms with Crippen molar-refractivity contribution in [2.24, 2.45) is 0 Å². The first-order valence-electron chi connectivity index (χ1n) is 6.46. The number of amides is 2. The summed E-state index contributed by atoms with van der Waals surface area (Å²) in [5, 5.41) is 0.690. The van der Waals surface area contributed by atoms with E-state index in [1.807, 2.05) is 0 Å². The highest BCUT2D eigenvalue weighted by molar-refractivity contribution is 6.34. The van der Waals surface area contributed by atoms with E-state index in [-0.39, 0.29) is 21.7 Å². The Hall–Kier alpha value is -2.66. The summed E-state index contributed by atoms with van der Waals surface area (Å²) in [5.74, 6) is -2.20. The molecule has 1 heterocycles. The quantitative estimate of drug-likeness (QED) is 0.799. The monoisotopic (exact) mass is 315 g/mol. The number of rotatable bonds is 2. The van der Waals surface area contributed by atoms with Gasteiger partial charge in [0.15, 0.2) is 0 Å². The Morgan fingerprint density at radius 3 is 2.18 bits per heavy atom. The molecule has 6 heteroatoms. The van der Waals surface area contributed by atoms with Gasteiger partial charge in [-0.05, 0) is 30.7 Å². The molecule has 0 spiro atoms. The number of nitrogens with zero attached hydrogens (tertiary/aromatic N) is 1. The van der Waals surface area contributed by atoms with Crippen LogP contribution >= 0.6 is 11.6 Å². The topological polar surface area (TPSA) is 63.7 Å². The molecule has 0 saturated heterocycles. The van der Waals surface area contributed by atoms with Crippen molar-refractivity contribution in [2.75, 3.05) is 0 Å². The standard InChI is InChI=1S/C16H10ClNO4/c1-9-5-4-8-12(13(9)17)16(21)22-18-14(19)10-6-2-3-7-11(10)15(18)20/h2-8H,1H3. The number of hydrogen-bond acceptors (Lipinski definition) is 4. The molecule has 0 saturated carbocycles. The molecule has 1 aliphatic heterocycles. The number of carbonyl (C=O) groups is 3. The van der Waals surface area contributed by atoms with Crippen LogP contribution in [0.1, 0.15) is 36.6 Å². The van der Waals surface area contributed by atoms with Crippen molar-refractivity contribution < 1.29 is 19.2 Å². The van der Waals surface area contributed by atoms with Crippen LogP contribution in [0.15, 0.2) is 42.5 Å². The summed E-state index contributed by atoms with van der Waals surface area (Å²) < 4.78 is 0. The van der Waals surface area contributed by atoms with Gasteiger partial charge in [-0.1, -0.05) is 40.9 Å². The van der Waals surface area contributed by atoms with Crippen LogP contribution in [0, 0.1) is 6.92 Å². The molecule has 5 nitrogen and oxygen atoms in total. The van der Waals surface area contributed by atoms with Crippen LogP contribution in [0.5, 0.6) is 0 Å². The second kappa shape index (κ2) is 5.27.